The zero-order valence-electron chi connectivity index (χ0n) is 14.2. The van der Waals surface area contributed by atoms with Gasteiger partial charge >= 0.3 is 0 Å². The van der Waals surface area contributed by atoms with E-state index in [1.54, 1.807) is 0 Å². The highest BCUT2D eigenvalue weighted by atomic mass is 16.6. The van der Waals surface area contributed by atoms with E-state index in [0.29, 0.717) is 0 Å². The van der Waals surface area contributed by atoms with Crippen molar-refractivity contribution in [1.29, 1.82) is 0 Å². The minimum absolute atomic E-state index is 0.0481. The van der Waals surface area contributed by atoms with E-state index in [1.807, 2.05) is 0 Å². The lowest BCUT2D eigenvalue weighted by Crippen LogP contribution is -2.11. The van der Waals surface area contributed by atoms with Gasteiger partial charge in [0.05, 0.1) is 20.7 Å². The maximum Gasteiger partial charge on any atom is 0.273 e. The van der Waals surface area contributed by atoms with Crippen molar-refractivity contribution in [2.24, 2.45) is 0 Å². The topological polar surface area (TPSA) is 129 Å². The number of para-hydroxylation sites is 3. The van der Waals surface area contributed by atoms with E-state index < -0.39 is 14.8 Å². The van der Waals surface area contributed by atoms with E-state index in [-0.39, 0.29) is 39.7 Å². The van der Waals surface area contributed by atoms with Crippen LogP contribution in [0.25, 0.3) is 0 Å². The molecule has 9 nitrogen and oxygen atoms in total. The Balaban J connectivity index is 2.40. The summed E-state index contributed by atoms with van der Waals surface area (Å²) in [7, 11) is 0. The van der Waals surface area contributed by atoms with Crippen molar-refractivity contribution in [1.82, 2.24) is 0 Å². The molecular formula is C19H12N3O6. The smallest absolute Gasteiger partial charge is 0.258 e. The minimum atomic E-state index is -0.626. The van der Waals surface area contributed by atoms with Crippen LogP contribution < -0.4 is 0 Å². The van der Waals surface area contributed by atoms with Crippen molar-refractivity contribution in [3.05, 3.63) is 126 Å². The Morgan fingerprint density at radius 2 is 0.750 bits per heavy atom. The quantitative estimate of drug-likeness (QED) is 0.354. The third kappa shape index (κ3) is 3.40. The summed E-state index contributed by atoms with van der Waals surface area (Å²) in [4.78, 5) is 32.8. The molecule has 0 saturated heterocycles. The van der Waals surface area contributed by atoms with E-state index in [9.17, 15) is 30.3 Å². The molecule has 9 heteroatoms. The summed E-state index contributed by atoms with van der Waals surface area (Å²) in [6.07, 6.45) is 0. The molecule has 0 heterocycles. The standard InChI is InChI=1S/C19H12N3O6/c23-20(24)16-10-4-1-7-13(16)19(14-8-2-5-11-17(14)21(25)26)15-9-3-6-12-18(15)22(27)28/h1-12H. The van der Waals surface area contributed by atoms with Crippen molar-refractivity contribution in [2.45, 2.75) is 0 Å². The Morgan fingerprint density at radius 1 is 0.500 bits per heavy atom. The van der Waals surface area contributed by atoms with E-state index in [4.69, 9.17) is 0 Å². The number of nitrogens with zero attached hydrogens (tertiary/aromatic N) is 3. The van der Waals surface area contributed by atoms with Crippen LogP contribution in [0.15, 0.2) is 72.8 Å². The predicted octanol–water partition coefficient (Wildman–Crippen LogP) is 4.43. The van der Waals surface area contributed by atoms with Crippen LogP contribution in [-0.4, -0.2) is 14.8 Å². The van der Waals surface area contributed by atoms with Gasteiger partial charge < -0.3 is 0 Å². The molecular weight excluding hydrogens is 366 g/mol. The summed E-state index contributed by atoms with van der Waals surface area (Å²) >= 11 is 0. The highest BCUT2D eigenvalue weighted by Crippen LogP contribution is 2.42. The molecule has 1 radical (unpaired) electrons. The fraction of sp³-hybridized carbons (Fsp3) is 0. The molecule has 3 aromatic rings. The maximum atomic E-state index is 11.6. The molecule has 139 valence electrons. The summed E-state index contributed by atoms with van der Waals surface area (Å²) in [6, 6.07) is 17.0. The normalized spacial score (nSPS) is 10.6. The number of hydrogen-bond donors (Lipinski definition) is 0. The minimum Gasteiger partial charge on any atom is -0.258 e. The summed E-state index contributed by atoms with van der Waals surface area (Å²) in [6.45, 7) is 0. The Bertz CT molecular complexity index is 946. The van der Waals surface area contributed by atoms with Gasteiger partial charge in [0.2, 0.25) is 0 Å². The maximum absolute atomic E-state index is 11.6. The first kappa shape index (κ1) is 18.6. The zero-order chi connectivity index (χ0) is 20.3. The first-order valence-corrected chi connectivity index (χ1v) is 8.00. The molecule has 0 aliphatic heterocycles. The van der Waals surface area contributed by atoms with Crippen molar-refractivity contribution in [3.63, 3.8) is 0 Å². The summed E-state index contributed by atoms with van der Waals surface area (Å²) < 4.78 is 0. The predicted molar refractivity (Wildman–Crippen MR) is 99.8 cm³/mol. The molecule has 0 fully saturated rings. The van der Waals surface area contributed by atoms with Gasteiger partial charge in [-0.2, -0.15) is 0 Å². The van der Waals surface area contributed by atoms with Gasteiger partial charge in [-0.15, -0.1) is 0 Å². The molecule has 0 N–H and O–H groups in total. The third-order valence-corrected chi connectivity index (χ3v) is 4.11. The van der Waals surface area contributed by atoms with Gasteiger partial charge in [-0.05, 0) is 0 Å². The molecule has 0 unspecified atom stereocenters. The van der Waals surface area contributed by atoms with Crippen LogP contribution in [0, 0.1) is 36.3 Å². The van der Waals surface area contributed by atoms with E-state index in [2.05, 4.69) is 0 Å². The number of rotatable bonds is 6. The van der Waals surface area contributed by atoms with Crippen LogP contribution in [0.3, 0.4) is 0 Å². The first-order chi connectivity index (χ1) is 13.4. The van der Waals surface area contributed by atoms with Crippen LogP contribution >= 0.6 is 0 Å². The van der Waals surface area contributed by atoms with Gasteiger partial charge in [0.1, 0.15) is 0 Å². The lowest BCUT2D eigenvalue weighted by Gasteiger charge is -2.17. The third-order valence-electron chi connectivity index (χ3n) is 4.11. The van der Waals surface area contributed by atoms with Crippen molar-refractivity contribution in [2.75, 3.05) is 0 Å². The average molecular weight is 378 g/mol. The monoisotopic (exact) mass is 378 g/mol. The molecule has 0 spiro atoms. The van der Waals surface area contributed by atoms with Gasteiger partial charge in [0.15, 0.2) is 0 Å². The molecule has 3 aromatic carbocycles. The van der Waals surface area contributed by atoms with Crippen LogP contribution in [0.5, 0.6) is 0 Å². The summed E-state index contributed by atoms with van der Waals surface area (Å²) in [5.41, 5.74) is -0.778. The van der Waals surface area contributed by atoms with Gasteiger partial charge in [0, 0.05) is 34.9 Å². The molecule has 28 heavy (non-hydrogen) atoms. The van der Waals surface area contributed by atoms with Crippen molar-refractivity contribution < 1.29 is 14.8 Å². The second-order valence-corrected chi connectivity index (χ2v) is 5.70. The average Bonchev–Trinajstić information content (AvgIpc) is 2.69. The second kappa shape index (κ2) is 7.62. The van der Waals surface area contributed by atoms with E-state index in [0.717, 1.165) is 0 Å². The second-order valence-electron chi connectivity index (χ2n) is 5.70. The molecule has 0 atom stereocenters. The Kier molecular flexibility index (Phi) is 5.07. The number of hydrogen-bond acceptors (Lipinski definition) is 6. The summed E-state index contributed by atoms with van der Waals surface area (Å²) in [5.74, 6) is 0.0481. The SMILES string of the molecule is O=[N+]([O-])c1ccccc1[C](c1ccccc1[N+](=O)[O-])c1ccccc1[N+](=O)[O-]. The molecule has 0 aliphatic rings. The lowest BCUT2D eigenvalue weighted by molar-refractivity contribution is -0.386. The van der Waals surface area contributed by atoms with Crippen molar-refractivity contribution in [3.8, 4) is 0 Å². The molecule has 0 bridgehead atoms. The van der Waals surface area contributed by atoms with Crippen LogP contribution in [0.1, 0.15) is 16.7 Å². The van der Waals surface area contributed by atoms with Crippen molar-refractivity contribution >= 4 is 17.1 Å². The number of nitro benzene ring substituents is 3. The zero-order valence-corrected chi connectivity index (χ0v) is 14.2. The van der Waals surface area contributed by atoms with E-state index >= 15 is 0 Å². The summed E-state index contributed by atoms with van der Waals surface area (Å²) in [5, 5.41) is 34.7. The number of nitro groups is 3. The van der Waals surface area contributed by atoms with Crippen LogP contribution in [-0.2, 0) is 0 Å². The molecule has 0 aliphatic carbocycles. The van der Waals surface area contributed by atoms with Crippen LogP contribution in [0.4, 0.5) is 17.1 Å². The molecule has 0 amide bonds. The first-order valence-electron chi connectivity index (χ1n) is 8.00. The Labute approximate surface area is 158 Å². The van der Waals surface area contributed by atoms with E-state index in [1.165, 1.54) is 72.8 Å². The van der Waals surface area contributed by atoms with Gasteiger partial charge in [-0.3, -0.25) is 30.3 Å². The Morgan fingerprint density at radius 3 is 1.00 bits per heavy atom. The van der Waals surface area contributed by atoms with Crippen LogP contribution in [0.2, 0.25) is 0 Å². The lowest BCUT2D eigenvalue weighted by atomic mass is 9.82. The molecule has 0 saturated carbocycles. The highest BCUT2D eigenvalue weighted by Gasteiger charge is 2.34. The fourth-order valence-corrected chi connectivity index (χ4v) is 2.97. The number of benzene rings is 3. The molecule has 3 rings (SSSR count). The Hall–Kier alpha value is -4.14. The van der Waals surface area contributed by atoms with Gasteiger partial charge in [-0.25, -0.2) is 0 Å². The highest BCUT2D eigenvalue weighted by molar-refractivity contribution is 5.71. The largest absolute Gasteiger partial charge is 0.273 e. The molecule has 0 aromatic heterocycles. The fourth-order valence-electron chi connectivity index (χ4n) is 2.97. The van der Waals surface area contributed by atoms with Gasteiger partial charge in [0.25, 0.3) is 17.1 Å². The van der Waals surface area contributed by atoms with Gasteiger partial charge in [-0.1, -0.05) is 54.6 Å².